The lowest BCUT2D eigenvalue weighted by Crippen LogP contribution is -2.20. The third kappa shape index (κ3) is 6.03. The van der Waals surface area contributed by atoms with Gasteiger partial charge in [-0.2, -0.15) is 0 Å². The van der Waals surface area contributed by atoms with E-state index in [1.54, 1.807) is 0 Å². The maximum Gasteiger partial charge on any atom is 0.320 e. The molecule has 0 bridgehead atoms. The van der Waals surface area contributed by atoms with Gasteiger partial charge in [0.2, 0.25) is 0 Å². The smallest absolute Gasteiger partial charge is 0.320 e. The number of nitrogens with one attached hydrogen (secondary N) is 1. The van der Waals surface area contributed by atoms with Crippen LogP contribution in [0, 0.1) is 15.3 Å². The van der Waals surface area contributed by atoms with E-state index in [9.17, 15) is 0 Å². The van der Waals surface area contributed by atoms with Crippen LogP contribution in [0.25, 0.3) is 0 Å². The fourth-order valence-electron chi connectivity index (χ4n) is 0.459. The van der Waals surface area contributed by atoms with Gasteiger partial charge in [0.15, 0.2) is 0 Å². The number of aromatic amines is 1. The zero-order chi connectivity index (χ0) is 10.4. The Kier molecular flexibility index (Phi) is 3.66. The van der Waals surface area contributed by atoms with Crippen LogP contribution in [0.15, 0.2) is 0 Å². The van der Waals surface area contributed by atoms with E-state index in [0.717, 1.165) is 0 Å². The van der Waals surface area contributed by atoms with Crippen LogP contribution in [-0.2, 0) is 0 Å². The zero-order valence-corrected chi connectivity index (χ0v) is 6.30. The van der Waals surface area contributed by atoms with E-state index >= 15 is 0 Å². The minimum atomic E-state index is -1.75. The summed E-state index contributed by atoms with van der Waals surface area (Å²) in [5, 5.41) is 14.8. The van der Waals surface area contributed by atoms with Gasteiger partial charge in [-0.05, 0) is 0 Å². The number of rotatable bonds is 0. The number of anilines is 3. The lowest BCUT2D eigenvalue weighted by molar-refractivity contribution is -0.402. The van der Waals surface area contributed by atoms with Crippen molar-refractivity contribution in [3.63, 3.8) is 0 Å². The van der Waals surface area contributed by atoms with Gasteiger partial charge < -0.3 is 32.5 Å². The molecule has 0 saturated carbocycles. The predicted molar refractivity (Wildman–Crippen MR) is 42.2 cm³/mol. The van der Waals surface area contributed by atoms with Crippen LogP contribution in [-0.4, -0.2) is 15.1 Å². The number of hydrogen-bond donors (Lipinski definition) is 3. The second-order valence-electron chi connectivity index (χ2n) is 1.70. The molecule has 72 valence electrons. The normalized spacial score (nSPS) is 8.31. The average molecular weight is 189 g/mol. The molecular formula is C3H7N7O3. The summed E-state index contributed by atoms with van der Waals surface area (Å²) in [5.41, 5.74) is 15.5. The molecule has 7 N–H and O–H groups in total. The van der Waals surface area contributed by atoms with Crippen molar-refractivity contribution in [3.05, 3.63) is 15.3 Å². The molecule has 0 radical (unpaired) electrons. The largest absolute Gasteiger partial charge is 0.356 e. The number of aromatic nitrogens is 3. The number of nitrogen functional groups attached to an aromatic ring is 3. The highest BCUT2D eigenvalue weighted by molar-refractivity contribution is 5.25. The first kappa shape index (κ1) is 10.6. The van der Waals surface area contributed by atoms with Gasteiger partial charge in [-0.25, -0.2) is 4.98 Å². The Bertz CT molecular complexity index is 247. The number of hydrogen-bond acceptors (Lipinski definition) is 8. The molecule has 10 nitrogen and oxygen atoms in total. The molecule has 0 atom stereocenters. The average Bonchev–Trinajstić information content (AvgIpc) is 1.80. The third-order valence-electron chi connectivity index (χ3n) is 0.726. The molecule has 1 heterocycles. The summed E-state index contributed by atoms with van der Waals surface area (Å²) in [6.45, 7) is 0. The number of nitrogens with two attached hydrogens (primary N) is 3. The summed E-state index contributed by atoms with van der Waals surface area (Å²) in [6, 6.07) is 0. The van der Waals surface area contributed by atoms with Crippen molar-refractivity contribution in [1.29, 1.82) is 0 Å². The van der Waals surface area contributed by atoms with Gasteiger partial charge in [0.1, 0.15) is 0 Å². The highest BCUT2D eigenvalue weighted by Gasteiger charge is 2.01. The summed E-state index contributed by atoms with van der Waals surface area (Å²) in [6.07, 6.45) is 0. The van der Waals surface area contributed by atoms with Gasteiger partial charge in [0.25, 0.3) is 0 Å². The summed E-state index contributed by atoms with van der Waals surface area (Å²) in [7, 11) is 0. The quantitative estimate of drug-likeness (QED) is 0.303. The second-order valence-corrected chi connectivity index (χ2v) is 1.70. The highest BCUT2D eigenvalue weighted by atomic mass is 16.9. The van der Waals surface area contributed by atoms with Crippen LogP contribution in [0.1, 0.15) is 0 Å². The van der Waals surface area contributed by atoms with Gasteiger partial charge in [-0.15, -0.1) is 0 Å². The van der Waals surface area contributed by atoms with E-state index in [-0.39, 0.29) is 17.8 Å². The molecule has 0 amide bonds. The summed E-state index contributed by atoms with van der Waals surface area (Å²) in [4.78, 5) is 17.8. The second kappa shape index (κ2) is 4.48. The molecule has 13 heavy (non-hydrogen) atoms. The van der Waals surface area contributed by atoms with Crippen molar-refractivity contribution in [2.45, 2.75) is 0 Å². The van der Waals surface area contributed by atoms with Gasteiger partial charge in [-0.1, -0.05) is 9.97 Å². The minimum Gasteiger partial charge on any atom is -0.356 e. The number of H-pyrrole nitrogens is 1. The molecular weight excluding hydrogens is 182 g/mol. The Hall–Kier alpha value is -2.39. The van der Waals surface area contributed by atoms with Crippen LogP contribution in [0.4, 0.5) is 17.8 Å². The standard InChI is InChI=1S/C3H6N6.NO3/c4-1-7-2(5)9-3(6)8-1;2-1(3)4/h(H6,4,5,6,7,8,9);/q;-1/p+1. The Balaban J connectivity index is 0.000000310. The Morgan fingerprint density at radius 2 is 1.46 bits per heavy atom. The van der Waals surface area contributed by atoms with Crippen LogP contribution in [0.3, 0.4) is 0 Å². The molecule has 1 rings (SSSR count). The van der Waals surface area contributed by atoms with E-state index < -0.39 is 5.09 Å². The predicted octanol–water partition coefficient (Wildman–Crippen LogP) is -2.20. The lowest BCUT2D eigenvalue weighted by Gasteiger charge is -1.87. The maximum absolute atomic E-state index is 8.25. The van der Waals surface area contributed by atoms with Gasteiger partial charge in [-0.3, -0.25) is 0 Å². The van der Waals surface area contributed by atoms with Crippen molar-refractivity contribution in [1.82, 2.24) is 9.97 Å². The molecule has 1 aromatic heterocycles. The molecule has 0 aliphatic rings. The van der Waals surface area contributed by atoms with Gasteiger partial charge >= 0.3 is 17.8 Å². The summed E-state index contributed by atoms with van der Waals surface area (Å²) in [5.74, 6) is 0.406. The van der Waals surface area contributed by atoms with E-state index in [1.807, 2.05) is 0 Å². The molecule has 0 aliphatic carbocycles. The first-order valence-electron chi connectivity index (χ1n) is 2.81. The van der Waals surface area contributed by atoms with Crippen LogP contribution >= 0.6 is 0 Å². The van der Waals surface area contributed by atoms with Crippen LogP contribution in [0.2, 0.25) is 0 Å². The number of nitrogens with zero attached hydrogens (tertiary/aromatic N) is 3. The third-order valence-corrected chi connectivity index (χ3v) is 0.726. The SMILES string of the molecule is Nc1nc(N)[nH+]c(N)n1.O=[N+]([O-])[O-]. The maximum atomic E-state index is 8.25. The van der Waals surface area contributed by atoms with Crippen LogP contribution in [0.5, 0.6) is 0 Å². The van der Waals surface area contributed by atoms with E-state index in [4.69, 9.17) is 32.5 Å². The Labute approximate surface area is 71.5 Å². The monoisotopic (exact) mass is 189 g/mol. The molecule has 0 saturated heterocycles. The lowest BCUT2D eigenvalue weighted by atomic mass is 10.9. The van der Waals surface area contributed by atoms with Crippen molar-refractivity contribution < 1.29 is 10.1 Å². The Morgan fingerprint density at radius 1 is 1.15 bits per heavy atom. The van der Waals surface area contributed by atoms with Crippen LogP contribution < -0.4 is 22.2 Å². The molecule has 0 fully saturated rings. The first-order valence-corrected chi connectivity index (χ1v) is 2.81. The van der Waals surface area contributed by atoms with Crippen molar-refractivity contribution in [2.24, 2.45) is 0 Å². The van der Waals surface area contributed by atoms with E-state index in [1.165, 1.54) is 0 Å². The van der Waals surface area contributed by atoms with E-state index in [2.05, 4.69) is 15.0 Å². The summed E-state index contributed by atoms with van der Waals surface area (Å²) < 4.78 is 0. The first-order chi connectivity index (χ1) is 5.91. The molecule has 0 aliphatic heterocycles. The molecule has 0 unspecified atom stereocenters. The van der Waals surface area contributed by atoms with Gasteiger partial charge in [0, 0.05) is 0 Å². The summed E-state index contributed by atoms with van der Waals surface area (Å²) >= 11 is 0. The fourth-order valence-corrected chi connectivity index (χ4v) is 0.459. The molecule has 0 spiro atoms. The van der Waals surface area contributed by atoms with Crippen molar-refractivity contribution in [3.8, 4) is 0 Å². The van der Waals surface area contributed by atoms with Crippen molar-refractivity contribution in [2.75, 3.05) is 17.2 Å². The molecule has 1 aromatic rings. The minimum absolute atomic E-state index is 0.0729. The molecule has 10 heteroatoms. The zero-order valence-electron chi connectivity index (χ0n) is 6.30. The highest BCUT2D eigenvalue weighted by Crippen LogP contribution is 1.91. The van der Waals surface area contributed by atoms with E-state index in [0.29, 0.717) is 0 Å². The topological polar surface area (TPSA) is 184 Å². The van der Waals surface area contributed by atoms with Gasteiger partial charge in [0.05, 0.1) is 5.09 Å². The van der Waals surface area contributed by atoms with Crippen molar-refractivity contribution >= 4 is 17.8 Å². The molecule has 0 aromatic carbocycles. The fraction of sp³-hybridized carbons (Fsp3) is 0. The Morgan fingerprint density at radius 3 is 1.69 bits per heavy atom.